The predicted octanol–water partition coefficient (Wildman–Crippen LogP) is 2.05. The Hall–Kier alpha value is -3.49. The van der Waals surface area contributed by atoms with Crippen LogP contribution in [0.5, 0.6) is 11.5 Å². The topological polar surface area (TPSA) is 91.2 Å². The number of benzene rings is 1. The van der Waals surface area contributed by atoms with E-state index in [1.54, 1.807) is 21.3 Å². The van der Waals surface area contributed by atoms with Crippen molar-refractivity contribution in [3.05, 3.63) is 58.5 Å². The van der Waals surface area contributed by atoms with Crippen LogP contribution in [0.4, 0.5) is 10.3 Å². The Labute approximate surface area is 161 Å². The largest absolute Gasteiger partial charge is 0.493 e. The van der Waals surface area contributed by atoms with Crippen LogP contribution in [0, 0.1) is 5.82 Å². The van der Waals surface area contributed by atoms with E-state index in [2.05, 4.69) is 20.3 Å². The smallest absolute Gasteiger partial charge is 0.255 e. The van der Waals surface area contributed by atoms with Crippen LogP contribution < -0.4 is 20.3 Å². The molecule has 0 spiro atoms. The average Bonchev–Trinajstić information content (AvgIpc) is 2.71. The molecule has 2 heterocycles. The molecule has 0 aliphatic carbocycles. The molecular formula is C19H20FN5O3. The fraction of sp³-hybridized carbons (Fsp3) is 0.263. The van der Waals surface area contributed by atoms with E-state index >= 15 is 0 Å². The lowest BCUT2D eigenvalue weighted by Crippen LogP contribution is -2.23. The predicted molar refractivity (Wildman–Crippen MR) is 102 cm³/mol. The number of hydrogen-bond acceptors (Lipinski definition) is 7. The van der Waals surface area contributed by atoms with Crippen LogP contribution >= 0.6 is 0 Å². The van der Waals surface area contributed by atoms with Gasteiger partial charge in [-0.15, -0.1) is 0 Å². The Kier molecular flexibility index (Phi) is 5.83. The first-order chi connectivity index (χ1) is 13.5. The zero-order chi connectivity index (χ0) is 20.1. The van der Waals surface area contributed by atoms with E-state index in [0.29, 0.717) is 30.4 Å². The normalized spacial score (nSPS) is 10.6. The lowest BCUT2D eigenvalue weighted by molar-refractivity contribution is 0.354. The molecule has 0 fully saturated rings. The first kappa shape index (κ1) is 19.3. The summed E-state index contributed by atoms with van der Waals surface area (Å²) in [5.74, 6) is 0.982. The van der Waals surface area contributed by atoms with Gasteiger partial charge in [0.1, 0.15) is 17.7 Å². The van der Waals surface area contributed by atoms with Crippen molar-refractivity contribution in [1.29, 1.82) is 0 Å². The zero-order valence-corrected chi connectivity index (χ0v) is 15.8. The van der Waals surface area contributed by atoms with Gasteiger partial charge < -0.3 is 14.8 Å². The van der Waals surface area contributed by atoms with Gasteiger partial charge in [0.25, 0.3) is 5.56 Å². The Balaban J connectivity index is 1.78. The highest BCUT2D eigenvalue weighted by atomic mass is 19.1. The number of rotatable bonds is 7. The maximum Gasteiger partial charge on any atom is 0.255 e. The Bertz CT molecular complexity index is 1040. The van der Waals surface area contributed by atoms with Gasteiger partial charge in [-0.05, 0) is 24.1 Å². The van der Waals surface area contributed by atoms with Crippen molar-refractivity contribution >= 4 is 5.95 Å². The molecule has 1 N–H and O–H groups in total. The summed E-state index contributed by atoms with van der Waals surface area (Å²) in [5, 5.41) is 3.11. The summed E-state index contributed by atoms with van der Waals surface area (Å²) in [6.45, 7) is 0.505. The van der Waals surface area contributed by atoms with Crippen LogP contribution in [0.25, 0.3) is 11.4 Å². The van der Waals surface area contributed by atoms with Crippen LogP contribution in [-0.2, 0) is 13.5 Å². The van der Waals surface area contributed by atoms with E-state index in [9.17, 15) is 9.18 Å². The third-order valence-corrected chi connectivity index (χ3v) is 4.19. The summed E-state index contributed by atoms with van der Waals surface area (Å²) in [6, 6.07) is 6.90. The highest BCUT2D eigenvalue weighted by molar-refractivity contribution is 5.55. The first-order valence-electron chi connectivity index (χ1n) is 8.52. The second-order valence-corrected chi connectivity index (χ2v) is 5.95. The van der Waals surface area contributed by atoms with E-state index < -0.39 is 5.82 Å². The SMILES string of the molecule is COc1ccc(CCNc2nc(-c3ncncc3F)cc(=O)n2C)cc1OC. The summed E-state index contributed by atoms with van der Waals surface area (Å²) in [4.78, 5) is 24.0. The molecule has 3 rings (SSSR count). The molecule has 0 bridgehead atoms. The van der Waals surface area contributed by atoms with E-state index in [-0.39, 0.29) is 16.9 Å². The van der Waals surface area contributed by atoms with Gasteiger partial charge in [-0.1, -0.05) is 6.07 Å². The molecule has 28 heavy (non-hydrogen) atoms. The van der Waals surface area contributed by atoms with Crippen molar-refractivity contribution in [3.63, 3.8) is 0 Å². The summed E-state index contributed by atoms with van der Waals surface area (Å²) in [6.07, 6.45) is 2.90. The molecule has 0 radical (unpaired) electrons. The first-order valence-corrected chi connectivity index (χ1v) is 8.52. The molecule has 1 aromatic carbocycles. The third-order valence-electron chi connectivity index (χ3n) is 4.19. The highest BCUT2D eigenvalue weighted by Gasteiger charge is 2.12. The Morgan fingerprint density at radius 1 is 1.18 bits per heavy atom. The van der Waals surface area contributed by atoms with E-state index in [0.717, 1.165) is 11.8 Å². The minimum Gasteiger partial charge on any atom is -0.493 e. The fourth-order valence-electron chi connectivity index (χ4n) is 2.67. The van der Waals surface area contributed by atoms with E-state index in [1.807, 2.05) is 18.2 Å². The quantitative estimate of drug-likeness (QED) is 0.665. The van der Waals surface area contributed by atoms with E-state index in [1.165, 1.54) is 17.0 Å². The molecule has 0 saturated heterocycles. The lowest BCUT2D eigenvalue weighted by Gasteiger charge is -2.12. The van der Waals surface area contributed by atoms with Crippen molar-refractivity contribution in [2.45, 2.75) is 6.42 Å². The number of nitrogens with zero attached hydrogens (tertiary/aromatic N) is 4. The van der Waals surface area contributed by atoms with Crippen molar-refractivity contribution in [1.82, 2.24) is 19.5 Å². The molecule has 146 valence electrons. The van der Waals surface area contributed by atoms with Crippen molar-refractivity contribution in [2.24, 2.45) is 7.05 Å². The second kappa shape index (κ2) is 8.47. The van der Waals surface area contributed by atoms with Crippen LogP contribution in [0.15, 0.2) is 41.6 Å². The molecule has 2 aromatic heterocycles. The molecule has 0 atom stereocenters. The number of methoxy groups -OCH3 is 2. The van der Waals surface area contributed by atoms with Crippen LogP contribution in [-0.4, -0.2) is 40.3 Å². The van der Waals surface area contributed by atoms with Crippen molar-refractivity contribution in [3.8, 4) is 22.9 Å². The Morgan fingerprint density at radius 3 is 2.68 bits per heavy atom. The summed E-state index contributed by atoms with van der Waals surface area (Å²) in [5.41, 5.74) is 0.831. The van der Waals surface area contributed by atoms with Gasteiger partial charge >= 0.3 is 0 Å². The molecule has 0 aliphatic rings. The van der Waals surface area contributed by atoms with Gasteiger partial charge in [0.05, 0.1) is 20.4 Å². The van der Waals surface area contributed by atoms with Crippen molar-refractivity contribution in [2.75, 3.05) is 26.1 Å². The summed E-state index contributed by atoms with van der Waals surface area (Å²) in [7, 11) is 4.75. The van der Waals surface area contributed by atoms with Gasteiger partial charge in [-0.25, -0.2) is 19.3 Å². The molecule has 0 unspecified atom stereocenters. The van der Waals surface area contributed by atoms with Gasteiger partial charge in [0.2, 0.25) is 5.95 Å². The van der Waals surface area contributed by atoms with Gasteiger partial charge in [-0.2, -0.15) is 0 Å². The Morgan fingerprint density at radius 2 is 1.96 bits per heavy atom. The lowest BCUT2D eigenvalue weighted by atomic mass is 10.1. The molecule has 9 heteroatoms. The van der Waals surface area contributed by atoms with Crippen LogP contribution in [0.2, 0.25) is 0 Å². The molecule has 3 aromatic rings. The average molecular weight is 385 g/mol. The minimum absolute atomic E-state index is 0.0179. The molecule has 0 aliphatic heterocycles. The van der Waals surface area contributed by atoms with Crippen LogP contribution in [0.1, 0.15) is 5.56 Å². The number of ether oxygens (including phenoxy) is 2. The fourth-order valence-corrected chi connectivity index (χ4v) is 2.67. The maximum atomic E-state index is 13.9. The molecular weight excluding hydrogens is 365 g/mol. The van der Waals surface area contributed by atoms with Gasteiger partial charge in [0, 0.05) is 19.7 Å². The standard InChI is InChI=1S/C19H20FN5O3/c1-25-17(26)9-14(18-13(20)10-21-11-23-18)24-19(25)22-7-6-12-4-5-15(27-2)16(8-12)28-3/h4-5,8-11H,6-7H2,1-3H3,(H,22,24). The molecule has 8 nitrogen and oxygen atoms in total. The molecule has 0 amide bonds. The third kappa shape index (κ3) is 4.08. The summed E-state index contributed by atoms with van der Waals surface area (Å²) >= 11 is 0. The number of anilines is 1. The van der Waals surface area contributed by atoms with E-state index in [4.69, 9.17) is 9.47 Å². The van der Waals surface area contributed by atoms with Crippen LogP contribution in [0.3, 0.4) is 0 Å². The number of hydrogen-bond donors (Lipinski definition) is 1. The number of aromatic nitrogens is 4. The van der Waals surface area contributed by atoms with Gasteiger partial charge in [-0.3, -0.25) is 9.36 Å². The molecule has 0 saturated carbocycles. The number of halogens is 1. The minimum atomic E-state index is -0.639. The van der Waals surface area contributed by atoms with Crippen molar-refractivity contribution < 1.29 is 13.9 Å². The highest BCUT2D eigenvalue weighted by Crippen LogP contribution is 2.27. The maximum absolute atomic E-state index is 13.9. The zero-order valence-electron chi connectivity index (χ0n) is 15.8. The second-order valence-electron chi connectivity index (χ2n) is 5.95. The van der Waals surface area contributed by atoms with Gasteiger partial charge in [0.15, 0.2) is 17.3 Å². The number of nitrogens with one attached hydrogen (secondary N) is 1. The summed E-state index contributed by atoms with van der Waals surface area (Å²) < 4.78 is 25.8. The monoisotopic (exact) mass is 385 g/mol.